The van der Waals surface area contributed by atoms with Crippen LogP contribution in [0.4, 0.5) is 21.9 Å². The molecular formula is C27H39ClN4O5. The highest BCUT2D eigenvalue weighted by molar-refractivity contribution is 6.03. The van der Waals surface area contributed by atoms with Crippen molar-refractivity contribution in [2.75, 3.05) is 56.1 Å². The predicted molar refractivity (Wildman–Crippen MR) is 148 cm³/mol. The van der Waals surface area contributed by atoms with Crippen LogP contribution in [0.15, 0.2) is 42.5 Å². The van der Waals surface area contributed by atoms with Gasteiger partial charge in [-0.2, -0.15) is 0 Å². The fourth-order valence-electron chi connectivity index (χ4n) is 4.77. The van der Waals surface area contributed by atoms with Crippen LogP contribution in [0.3, 0.4) is 0 Å². The second kappa shape index (κ2) is 14.3. The van der Waals surface area contributed by atoms with Crippen molar-refractivity contribution in [3.05, 3.63) is 53.6 Å². The molecule has 37 heavy (non-hydrogen) atoms. The number of hydrogen-bond acceptors (Lipinski definition) is 6. The zero-order chi connectivity index (χ0) is 24.8. The Morgan fingerprint density at radius 3 is 2.22 bits per heavy atom. The van der Waals surface area contributed by atoms with Crippen LogP contribution in [0.1, 0.15) is 31.4 Å². The van der Waals surface area contributed by atoms with E-state index in [1.54, 1.807) is 13.8 Å². The van der Waals surface area contributed by atoms with Gasteiger partial charge in [0, 0.05) is 51.4 Å². The maximum absolute atomic E-state index is 13.7. The summed E-state index contributed by atoms with van der Waals surface area (Å²) < 4.78 is 5.23. The molecule has 1 fully saturated rings. The summed E-state index contributed by atoms with van der Waals surface area (Å²) >= 11 is 0. The SMILES string of the molecule is CC(C)OC(=O)Nc1ccc2c(c1)N(C(=O)CCN1CCN(CCO)CC1)c1ccccc1CC2.Cl.O. The number of carbonyl (C=O) groups is 2. The van der Waals surface area contributed by atoms with Gasteiger partial charge in [0.25, 0.3) is 0 Å². The van der Waals surface area contributed by atoms with Crippen molar-refractivity contribution in [1.29, 1.82) is 0 Å². The lowest BCUT2D eigenvalue weighted by Crippen LogP contribution is -2.47. The van der Waals surface area contributed by atoms with Gasteiger partial charge in [0.05, 0.1) is 24.1 Å². The average molecular weight is 535 g/mol. The van der Waals surface area contributed by atoms with Gasteiger partial charge in [-0.1, -0.05) is 24.3 Å². The summed E-state index contributed by atoms with van der Waals surface area (Å²) in [5.41, 5.74) is 4.55. The third-order valence-electron chi connectivity index (χ3n) is 6.58. The summed E-state index contributed by atoms with van der Waals surface area (Å²) in [7, 11) is 0. The van der Waals surface area contributed by atoms with Crippen LogP contribution in [0.2, 0.25) is 0 Å². The van der Waals surface area contributed by atoms with E-state index in [1.807, 2.05) is 41.3 Å². The van der Waals surface area contributed by atoms with Crippen LogP contribution in [0, 0.1) is 0 Å². The van der Waals surface area contributed by atoms with Gasteiger partial charge in [-0.3, -0.25) is 19.9 Å². The lowest BCUT2D eigenvalue weighted by atomic mass is 10.0. The second-order valence-electron chi connectivity index (χ2n) is 9.44. The molecule has 1 saturated heterocycles. The van der Waals surface area contributed by atoms with Crippen molar-refractivity contribution in [2.24, 2.45) is 0 Å². The normalized spacial score (nSPS) is 15.5. The number of carbonyl (C=O) groups excluding carboxylic acids is 2. The third-order valence-corrected chi connectivity index (χ3v) is 6.58. The molecule has 2 aliphatic heterocycles. The van der Waals surface area contributed by atoms with Gasteiger partial charge in [-0.15, -0.1) is 12.4 Å². The number of rotatable bonds is 7. The van der Waals surface area contributed by atoms with E-state index < -0.39 is 6.09 Å². The van der Waals surface area contributed by atoms with E-state index in [9.17, 15) is 9.59 Å². The number of aliphatic hydroxyl groups is 1. The van der Waals surface area contributed by atoms with Crippen LogP contribution in [-0.2, 0) is 22.4 Å². The Hall–Kier alpha value is -2.69. The Labute approximate surface area is 225 Å². The Bertz CT molecular complexity index is 1040. The van der Waals surface area contributed by atoms with Gasteiger partial charge in [0.1, 0.15) is 0 Å². The minimum Gasteiger partial charge on any atom is -0.447 e. The molecule has 9 nitrogen and oxygen atoms in total. The molecule has 2 aromatic carbocycles. The molecule has 2 aromatic rings. The number of aliphatic hydroxyl groups excluding tert-OH is 1. The first-order valence-electron chi connectivity index (χ1n) is 12.5. The smallest absolute Gasteiger partial charge is 0.411 e. The Morgan fingerprint density at radius 2 is 1.57 bits per heavy atom. The number of amides is 2. The van der Waals surface area contributed by atoms with E-state index in [1.165, 1.54) is 0 Å². The van der Waals surface area contributed by atoms with Crippen molar-refractivity contribution in [1.82, 2.24) is 9.80 Å². The van der Waals surface area contributed by atoms with Crippen molar-refractivity contribution in [3.8, 4) is 0 Å². The largest absolute Gasteiger partial charge is 0.447 e. The highest BCUT2D eigenvalue weighted by atomic mass is 35.5. The molecule has 0 unspecified atom stereocenters. The van der Waals surface area contributed by atoms with E-state index in [-0.39, 0.29) is 36.5 Å². The average Bonchev–Trinajstić information content (AvgIpc) is 2.99. The number of ether oxygens (including phenoxy) is 1. The zero-order valence-corrected chi connectivity index (χ0v) is 22.4. The summed E-state index contributed by atoms with van der Waals surface area (Å²) in [6, 6.07) is 13.8. The van der Waals surface area contributed by atoms with Crippen LogP contribution in [-0.4, -0.2) is 84.4 Å². The van der Waals surface area contributed by atoms with Gasteiger partial charge >= 0.3 is 6.09 Å². The molecule has 4 N–H and O–H groups in total. The monoisotopic (exact) mass is 534 g/mol. The minimum absolute atomic E-state index is 0. The summed E-state index contributed by atoms with van der Waals surface area (Å²) in [6.07, 6.45) is 1.35. The lowest BCUT2D eigenvalue weighted by Gasteiger charge is -2.34. The standard InChI is InChI=1S/C27H36N4O4.ClH.H2O/c1-20(2)35-27(34)28-23-10-9-22-8-7-21-5-3-4-6-24(21)31(25(22)19-23)26(33)11-12-29-13-15-30(16-14-29)17-18-32;;/h3-6,9-10,19-20,32H,7-8,11-18H2,1-2H3,(H,28,34);1H;1H2. The van der Waals surface area contributed by atoms with Crippen LogP contribution >= 0.6 is 12.4 Å². The Kier molecular flexibility index (Phi) is 11.8. The van der Waals surface area contributed by atoms with E-state index in [0.29, 0.717) is 25.2 Å². The number of anilines is 3. The van der Waals surface area contributed by atoms with Crippen LogP contribution < -0.4 is 10.2 Å². The first-order valence-corrected chi connectivity index (χ1v) is 12.5. The number of aryl methyl sites for hydroxylation is 2. The molecule has 0 aromatic heterocycles. The van der Waals surface area contributed by atoms with Crippen molar-refractivity contribution in [3.63, 3.8) is 0 Å². The van der Waals surface area contributed by atoms with Gasteiger partial charge in [-0.25, -0.2) is 4.79 Å². The van der Waals surface area contributed by atoms with E-state index in [4.69, 9.17) is 9.84 Å². The molecule has 4 rings (SSSR count). The number of nitrogens with one attached hydrogen (secondary N) is 1. The number of para-hydroxylation sites is 1. The molecule has 2 aliphatic rings. The van der Waals surface area contributed by atoms with Crippen molar-refractivity contribution < 1.29 is 24.9 Å². The lowest BCUT2D eigenvalue weighted by molar-refractivity contribution is -0.118. The van der Waals surface area contributed by atoms with Crippen LogP contribution in [0.5, 0.6) is 0 Å². The van der Waals surface area contributed by atoms with E-state index in [2.05, 4.69) is 21.2 Å². The fraction of sp³-hybridized carbons (Fsp3) is 0.481. The number of hydrogen-bond donors (Lipinski definition) is 2. The molecule has 2 amide bonds. The maximum atomic E-state index is 13.7. The highest BCUT2D eigenvalue weighted by Gasteiger charge is 2.27. The van der Waals surface area contributed by atoms with Crippen molar-refractivity contribution in [2.45, 2.75) is 39.2 Å². The molecule has 2 heterocycles. The first-order chi connectivity index (χ1) is 16.9. The maximum Gasteiger partial charge on any atom is 0.411 e. The third kappa shape index (κ3) is 7.90. The Morgan fingerprint density at radius 1 is 0.946 bits per heavy atom. The van der Waals surface area contributed by atoms with E-state index in [0.717, 1.165) is 61.5 Å². The first kappa shape index (κ1) is 30.5. The number of fused-ring (bicyclic) bond motifs is 2. The predicted octanol–water partition coefficient (Wildman–Crippen LogP) is 3.00. The summed E-state index contributed by atoms with van der Waals surface area (Å²) in [6.45, 7) is 8.79. The molecule has 0 spiro atoms. The van der Waals surface area contributed by atoms with Gasteiger partial charge in [-0.05, 0) is 56.0 Å². The number of β-amino-alcohol motifs (C(OH)–C–C–N with tert-alkyl or cyclic N) is 1. The number of nitrogens with zero attached hydrogens (tertiary/aromatic N) is 3. The van der Waals surface area contributed by atoms with E-state index >= 15 is 0 Å². The van der Waals surface area contributed by atoms with Gasteiger partial charge < -0.3 is 20.2 Å². The quantitative estimate of drug-likeness (QED) is 0.564. The van der Waals surface area contributed by atoms with Crippen LogP contribution in [0.25, 0.3) is 0 Å². The molecule has 204 valence electrons. The second-order valence-corrected chi connectivity index (χ2v) is 9.44. The molecule has 0 saturated carbocycles. The summed E-state index contributed by atoms with van der Waals surface area (Å²) in [5, 5.41) is 12.0. The molecular weight excluding hydrogens is 496 g/mol. The molecule has 0 radical (unpaired) electrons. The molecule has 0 atom stereocenters. The number of halogens is 1. The molecule has 0 aliphatic carbocycles. The number of benzene rings is 2. The fourth-order valence-corrected chi connectivity index (χ4v) is 4.77. The van der Waals surface area contributed by atoms with Crippen molar-refractivity contribution >= 4 is 41.5 Å². The molecule has 0 bridgehead atoms. The zero-order valence-electron chi connectivity index (χ0n) is 21.6. The highest BCUT2D eigenvalue weighted by Crippen LogP contribution is 2.38. The minimum atomic E-state index is -0.507. The molecule has 10 heteroatoms. The Balaban J connectivity index is 0.00000241. The summed E-state index contributed by atoms with van der Waals surface area (Å²) in [4.78, 5) is 32.3. The summed E-state index contributed by atoms with van der Waals surface area (Å²) in [5.74, 6) is 0.0419. The topological polar surface area (TPSA) is 117 Å². The van der Waals surface area contributed by atoms with Gasteiger partial charge in [0.2, 0.25) is 5.91 Å². The number of piperazine rings is 1. The van der Waals surface area contributed by atoms with Gasteiger partial charge in [0.15, 0.2) is 0 Å².